The van der Waals surface area contributed by atoms with E-state index in [2.05, 4.69) is 0 Å². The summed E-state index contributed by atoms with van der Waals surface area (Å²) in [4.78, 5) is 26.1. The van der Waals surface area contributed by atoms with Crippen molar-refractivity contribution in [3.63, 3.8) is 0 Å². The van der Waals surface area contributed by atoms with Crippen molar-refractivity contribution < 1.29 is 44.9 Å². The Labute approximate surface area is 203 Å². The van der Waals surface area contributed by atoms with E-state index < -0.39 is 64.5 Å². The van der Waals surface area contributed by atoms with Crippen LogP contribution in [0.3, 0.4) is 0 Å². The maximum absolute atomic E-state index is 14.6. The number of amides is 3. The third kappa shape index (κ3) is 5.33. The number of likely N-dealkylation sites (tertiary alicyclic amines) is 1. The van der Waals surface area contributed by atoms with E-state index in [0.29, 0.717) is 22.6 Å². The monoisotopic (exact) mass is 539 g/mol. The van der Waals surface area contributed by atoms with Crippen LogP contribution in [0.1, 0.15) is 18.4 Å². The van der Waals surface area contributed by atoms with E-state index in [1.165, 1.54) is 38.5 Å². The van der Waals surface area contributed by atoms with Gasteiger partial charge in [0.1, 0.15) is 28.8 Å². The van der Waals surface area contributed by atoms with E-state index in [-0.39, 0.29) is 14.3 Å². The molecule has 9 nitrogen and oxygen atoms in total. The summed E-state index contributed by atoms with van der Waals surface area (Å²) in [6.45, 7) is -1.12. The van der Waals surface area contributed by atoms with Gasteiger partial charge in [-0.25, -0.2) is 22.6 Å². The van der Waals surface area contributed by atoms with Gasteiger partial charge in [-0.3, -0.25) is 0 Å². The molecule has 1 aromatic heterocycles. The minimum atomic E-state index is -4.63. The molecule has 2 aromatic rings. The SMILES string of the molecule is COc1ccc(C[N+]2(C(N)=O)CCC(F)(F)CC(OS(=O)(=O)c3ccc(Cl)s3)C2=O)c(OC)c1. The summed E-state index contributed by atoms with van der Waals surface area (Å²) in [6.07, 6.45) is -4.30. The molecule has 1 aliphatic heterocycles. The summed E-state index contributed by atoms with van der Waals surface area (Å²) in [5.41, 5.74) is 5.87. The predicted molar refractivity (Wildman–Crippen MR) is 119 cm³/mol. The Hall–Kier alpha value is -2.32. The summed E-state index contributed by atoms with van der Waals surface area (Å²) in [5, 5.41) is 0. The number of primary amides is 1. The second kappa shape index (κ2) is 9.74. The van der Waals surface area contributed by atoms with Crippen LogP contribution in [0.15, 0.2) is 34.5 Å². The average molecular weight is 540 g/mol. The van der Waals surface area contributed by atoms with Gasteiger partial charge in [0.2, 0.25) is 0 Å². The van der Waals surface area contributed by atoms with E-state index in [1.54, 1.807) is 0 Å². The predicted octanol–water partition coefficient (Wildman–Crippen LogP) is 3.54. The number of quaternary nitrogens is 1. The van der Waals surface area contributed by atoms with Crippen LogP contribution >= 0.6 is 22.9 Å². The number of nitrogens with two attached hydrogens (primary N) is 1. The van der Waals surface area contributed by atoms with Gasteiger partial charge in [0.05, 0.1) is 31.4 Å². The van der Waals surface area contributed by atoms with E-state index >= 15 is 0 Å². The van der Waals surface area contributed by atoms with Crippen molar-refractivity contribution in [1.29, 1.82) is 0 Å². The zero-order chi connectivity index (χ0) is 25.3. The van der Waals surface area contributed by atoms with Crippen LogP contribution < -0.4 is 15.2 Å². The maximum atomic E-state index is 14.6. The number of urea groups is 1. The molecule has 0 radical (unpaired) electrons. The standard InChI is InChI=1S/C20H21ClF2N2O7S2/c1-30-13-4-3-12(14(9-13)31-2)11-25(19(24)27)8-7-20(22,23)10-15(18(25)26)32-34(28,29)17-6-5-16(21)33-17/h3-6,9,15H,7-8,10-11H2,1-2H3,(H-,24,27)/p+1. The first-order valence-corrected chi connectivity index (χ1v) is 12.4. The van der Waals surface area contributed by atoms with E-state index in [1.807, 2.05) is 0 Å². The second-order valence-electron chi connectivity index (χ2n) is 7.61. The van der Waals surface area contributed by atoms with E-state index in [4.69, 9.17) is 31.0 Å². The van der Waals surface area contributed by atoms with Gasteiger partial charge < -0.3 is 15.2 Å². The quantitative estimate of drug-likeness (QED) is 0.422. The minimum Gasteiger partial charge on any atom is -0.497 e. The molecule has 1 aromatic carbocycles. The molecule has 34 heavy (non-hydrogen) atoms. The van der Waals surface area contributed by atoms with Crippen molar-refractivity contribution in [2.45, 2.75) is 35.6 Å². The van der Waals surface area contributed by atoms with E-state index in [9.17, 15) is 26.8 Å². The molecule has 186 valence electrons. The fraction of sp³-hybridized carbons (Fsp3) is 0.400. The topological polar surface area (TPSA) is 122 Å². The van der Waals surface area contributed by atoms with Crippen LogP contribution in [0, 0.1) is 0 Å². The smallest absolute Gasteiger partial charge is 0.421 e. The average Bonchev–Trinajstić information content (AvgIpc) is 3.19. The van der Waals surface area contributed by atoms with Crippen molar-refractivity contribution >= 4 is 45.0 Å². The van der Waals surface area contributed by atoms with Crippen LogP contribution in [-0.2, 0) is 25.6 Å². The molecule has 2 heterocycles. The van der Waals surface area contributed by atoms with Crippen molar-refractivity contribution in [3.8, 4) is 11.5 Å². The number of halogens is 3. The molecule has 3 rings (SSSR count). The first-order chi connectivity index (χ1) is 15.8. The highest BCUT2D eigenvalue weighted by Crippen LogP contribution is 2.38. The van der Waals surface area contributed by atoms with Crippen LogP contribution in [0.5, 0.6) is 11.5 Å². The minimum absolute atomic E-state index is 0.119. The summed E-state index contributed by atoms with van der Waals surface area (Å²) in [5.74, 6) is -4.06. The number of methoxy groups -OCH3 is 2. The molecule has 2 unspecified atom stereocenters. The maximum Gasteiger partial charge on any atom is 0.421 e. The lowest BCUT2D eigenvalue weighted by Crippen LogP contribution is -2.62. The summed E-state index contributed by atoms with van der Waals surface area (Å²) in [7, 11) is -1.86. The lowest BCUT2D eigenvalue weighted by atomic mass is 10.1. The molecule has 14 heteroatoms. The molecular weight excluding hydrogens is 518 g/mol. The molecule has 2 N–H and O–H groups in total. The molecule has 3 amide bonds. The van der Waals surface area contributed by atoms with Crippen molar-refractivity contribution in [2.24, 2.45) is 5.73 Å². The van der Waals surface area contributed by atoms with Gasteiger partial charge in [-0.15, -0.1) is 11.3 Å². The highest BCUT2D eigenvalue weighted by atomic mass is 35.5. The second-order valence-corrected chi connectivity index (χ2v) is 11.1. The summed E-state index contributed by atoms with van der Waals surface area (Å²) >= 11 is 6.40. The Balaban J connectivity index is 2.05. The number of hydrogen-bond acceptors (Lipinski definition) is 8. The highest BCUT2D eigenvalue weighted by Gasteiger charge is 2.56. The van der Waals surface area contributed by atoms with Gasteiger partial charge in [-0.2, -0.15) is 12.9 Å². The number of rotatable bonds is 7. The molecule has 0 saturated carbocycles. The fourth-order valence-electron chi connectivity index (χ4n) is 3.64. The van der Waals surface area contributed by atoms with Crippen LogP contribution in [0.2, 0.25) is 4.34 Å². The zero-order valence-corrected chi connectivity index (χ0v) is 20.5. The third-order valence-corrected chi connectivity index (χ3v) is 8.44. The highest BCUT2D eigenvalue weighted by molar-refractivity contribution is 7.89. The molecule has 1 fully saturated rings. The molecule has 1 aliphatic rings. The van der Waals surface area contributed by atoms with Gasteiger partial charge in [0.15, 0.2) is 6.10 Å². The lowest BCUT2D eigenvalue weighted by molar-refractivity contribution is -0.788. The zero-order valence-electron chi connectivity index (χ0n) is 18.1. The Bertz CT molecular complexity index is 1210. The summed E-state index contributed by atoms with van der Waals surface area (Å²) in [6, 6.07) is 5.70. The summed E-state index contributed by atoms with van der Waals surface area (Å²) < 4.78 is 68.4. The number of alkyl halides is 2. The number of carbonyl (C=O) groups excluding carboxylic acids is 2. The van der Waals surface area contributed by atoms with Crippen LogP contribution in [0.4, 0.5) is 13.6 Å². The van der Waals surface area contributed by atoms with Gasteiger partial charge in [-0.1, -0.05) is 11.6 Å². The molecular formula is C20H22ClF2N2O7S2+. The van der Waals surface area contributed by atoms with Crippen molar-refractivity contribution in [3.05, 3.63) is 40.2 Å². The van der Waals surface area contributed by atoms with Crippen molar-refractivity contribution in [2.75, 3.05) is 20.8 Å². The number of hydrogen-bond donors (Lipinski definition) is 1. The Morgan fingerprint density at radius 2 is 1.97 bits per heavy atom. The van der Waals surface area contributed by atoms with Gasteiger partial charge >= 0.3 is 22.1 Å². The van der Waals surface area contributed by atoms with Crippen LogP contribution in [-0.4, -0.2) is 57.6 Å². The molecule has 1 saturated heterocycles. The number of ether oxygens (including phenoxy) is 2. The van der Waals surface area contributed by atoms with Gasteiger partial charge in [0, 0.05) is 11.6 Å². The van der Waals surface area contributed by atoms with Gasteiger partial charge in [-0.05, 0) is 24.3 Å². The van der Waals surface area contributed by atoms with Gasteiger partial charge in [0.25, 0.3) is 5.92 Å². The molecule has 0 spiro atoms. The molecule has 0 aliphatic carbocycles. The number of thiophene rings is 1. The van der Waals surface area contributed by atoms with E-state index in [0.717, 1.165) is 6.07 Å². The number of carbonyl (C=O) groups is 2. The third-order valence-electron chi connectivity index (χ3n) is 5.43. The Kier molecular flexibility index (Phi) is 7.53. The first kappa shape index (κ1) is 26.3. The number of nitrogens with zero attached hydrogens (tertiary/aromatic N) is 1. The largest absolute Gasteiger partial charge is 0.497 e. The lowest BCUT2D eigenvalue weighted by Gasteiger charge is -2.32. The number of benzene rings is 1. The fourth-order valence-corrected chi connectivity index (χ4v) is 6.13. The van der Waals surface area contributed by atoms with Crippen molar-refractivity contribution in [1.82, 2.24) is 0 Å². The molecule has 0 bridgehead atoms. The Morgan fingerprint density at radius 3 is 2.53 bits per heavy atom. The van der Waals surface area contributed by atoms with Crippen LogP contribution in [0.25, 0.3) is 0 Å². The first-order valence-electron chi connectivity index (χ1n) is 9.82. The molecule has 2 atom stereocenters. The normalized spacial score (nSPS) is 22.7. The Morgan fingerprint density at radius 1 is 1.26 bits per heavy atom. The number of imide groups is 1.